The quantitative estimate of drug-likeness (QED) is 0.552. The minimum atomic E-state index is -1.22. The highest BCUT2D eigenvalue weighted by Gasteiger charge is 2.43. The first kappa shape index (κ1) is 24.0. The zero-order valence-electron chi connectivity index (χ0n) is 18.9. The molecule has 6 nitrogen and oxygen atoms in total. The van der Waals surface area contributed by atoms with E-state index in [1.807, 2.05) is 30.3 Å². The number of halogens is 2. The van der Waals surface area contributed by atoms with Crippen LogP contribution in [0.1, 0.15) is 36.8 Å². The van der Waals surface area contributed by atoms with Crippen LogP contribution in [0.2, 0.25) is 0 Å². The SMILES string of the molecule is O=C(O)Cc1cc(F)c(OCCC2CC2C2CCN(C(=O)OCc3ccccc3)CC2)cc1F. The van der Waals surface area contributed by atoms with Gasteiger partial charge < -0.3 is 19.5 Å². The second-order valence-electron chi connectivity index (χ2n) is 9.11. The van der Waals surface area contributed by atoms with Gasteiger partial charge in [0.15, 0.2) is 11.6 Å². The minimum absolute atomic E-state index is 0.189. The topological polar surface area (TPSA) is 76.1 Å². The Kier molecular flexibility index (Phi) is 7.65. The summed E-state index contributed by atoms with van der Waals surface area (Å²) in [4.78, 5) is 24.8. The van der Waals surface area contributed by atoms with Gasteiger partial charge in [-0.1, -0.05) is 30.3 Å². The Morgan fingerprint density at radius 3 is 2.50 bits per heavy atom. The number of carbonyl (C=O) groups is 2. The van der Waals surface area contributed by atoms with E-state index in [-0.39, 0.29) is 30.6 Å². The molecule has 1 saturated carbocycles. The minimum Gasteiger partial charge on any atom is -0.490 e. The van der Waals surface area contributed by atoms with E-state index in [1.165, 1.54) is 0 Å². The number of aliphatic carboxylic acids is 1. The number of amides is 1. The van der Waals surface area contributed by atoms with Crippen LogP contribution in [0.15, 0.2) is 42.5 Å². The summed E-state index contributed by atoms with van der Waals surface area (Å²) in [5, 5.41) is 8.76. The van der Waals surface area contributed by atoms with Gasteiger partial charge in [0.2, 0.25) is 0 Å². The number of nitrogens with zero attached hydrogens (tertiary/aromatic N) is 1. The van der Waals surface area contributed by atoms with Crippen LogP contribution in [0, 0.1) is 29.4 Å². The molecular formula is C26H29F2NO5. The lowest BCUT2D eigenvalue weighted by atomic mass is 9.91. The van der Waals surface area contributed by atoms with Crippen LogP contribution in [-0.4, -0.2) is 41.8 Å². The molecule has 1 aliphatic carbocycles. The fourth-order valence-corrected chi connectivity index (χ4v) is 4.80. The standard InChI is InChI=1S/C26H29F2NO5/c27-22-15-24(23(28)13-20(22)14-25(30)31)33-11-8-19-12-21(19)18-6-9-29(10-7-18)26(32)34-16-17-4-2-1-3-5-17/h1-5,13,15,18-19,21H,6-12,14,16H2,(H,30,31). The van der Waals surface area contributed by atoms with E-state index < -0.39 is 24.0 Å². The lowest BCUT2D eigenvalue weighted by Crippen LogP contribution is -2.39. The Hall–Kier alpha value is -3.16. The van der Waals surface area contributed by atoms with Crippen molar-refractivity contribution in [3.63, 3.8) is 0 Å². The van der Waals surface area contributed by atoms with Crippen molar-refractivity contribution in [3.8, 4) is 5.75 Å². The number of hydrogen-bond donors (Lipinski definition) is 1. The van der Waals surface area contributed by atoms with Gasteiger partial charge in [-0.2, -0.15) is 0 Å². The fraction of sp³-hybridized carbons (Fsp3) is 0.462. The first-order valence-electron chi connectivity index (χ1n) is 11.7. The van der Waals surface area contributed by atoms with E-state index in [4.69, 9.17) is 14.6 Å². The third-order valence-electron chi connectivity index (χ3n) is 6.77. The number of rotatable bonds is 9. The average molecular weight is 474 g/mol. The predicted molar refractivity (Wildman–Crippen MR) is 120 cm³/mol. The van der Waals surface area contributed by atoms with Gasteiger partial charge in [0.05, 0.1) is 13.0 Å². The van der Waals surface area contributed by atoms with Crippen molar-refractivity contribution in [2.75, 3.05) is 19.7 Å². The first-order chi connectivity index (χ1) is 16.4. The summed E-state index contributed by atoms with van der Waals surface area (Å²) >= 11 is 0. The third kappa shape index (κ3) is 6.24. The molecule has 1 saturated heterocycles. The molecule has 2 aliphatic rings. The molecule has 2 unspecified atom stereocenters. The molecular weight excluding hydrogens is 444 g/mol. The van der Waals surface area contributed by atoms with Crippen molar-refractivity contribution in [3.05, 3.63) is 65.2 Å². The van der Waals surface area contributed by atoms with Crippen molar-refractivity contribution in [1.82, 2.24) is 4.90 Å². The van der Waals surface area contributed by atoms with E-state index in [2.05, 4.69) is 0 Å². The van der Waals surface area contributed by atoms with E-state index in [0.29, 0.717) is 30.8 Å². The maximum absolute atomic E-state index is 14.1. The molecule has 0 aromatic heterocycles. The van der Waals surface area contributed by atoms with Crippen molar-refractivity contribution in [1.29, 1.82) is 0 Å². The van der Waals surface area contributed by atoms with Crippen molar-refractivity contribution >= 4 is 12.1 Å². The lowest BCUT2D eigenvalue weighted by molar-refractivity contribution is -0.136. The smallest absolute Gasteiger partial charge is 0.410 e. The lowest BCUT2D eigenvalue weighted by Gasteiger charge is -2.31. The molecule has 1 amide bonds. The third-order valence-corrected chi connectivity index (χ3v) is 6.77. The average Bonchev–Trinajstić information content (AvgIpc) is 3.60. The van der Waals surface area contributed by atoms with Crippen molar-refractivity contribution in [2.45, 2.75) is 38.7 Å². The number of likely N-dealkylation sites (tertiary alicyclic amines) is 1. The summed E-state index contributed by atoms with van der Waals surface area (Å²) in [5.74, 6) is -1.33. The van der Waals surface area contributed by atoms with Crippen LogP contribution in [-0.2, 0) is 22.6 Å². The van der Waals surface area contributed by atoms with Crippen LogP contribution in [0.25, 0.3) is 0 Å². The highest BCUT2D eigenvalue weighted by Crippen LogP contribution is 2.49. The molecule has 0 radical (unpaired) electrons. The number of ether oxygens (including phenoxy) is 2. The van der Waals surface area contributed by atoms with E-state index in [0.717, 1.165) is 43.4 Å². The van der Waals surface area contributed by atoms with Crippen molar-refractivity contribution < 1.29 is 33.0 Å². The van der Waals surface area contributed by atoms with Gasteiger partial charge in [-0.05, 0) is 55.1 Å². The summed E-state index contributed by atoms with van der Waals surface area (Å²) in [6.07, 6.45) is 2.87. The number of carboxylic acids is 1. The molecule has 0 spiro atoms. The molecule has 1 N–H and O–H groups in total. The highest BCUT2D eigenvalue weighted by molar-refractivity contribution is 5.70. The zero-order chi connectivity index (χ0) is 24.1. The number of piperidine rings is 1. The molecule has 1 aliphatic heterocycles. The number of carbonyl (C=O) groups excluding carboxylic acids is 1. The predicted octanol–water partition coefficient (Wildman–Crippen LogP) is 5.05. The monoisotopic (exact) mass is 473 g/mol. The highest BCUT2D eigenvalue weighted by atomic mass is 19.1. The molecule has 2 aromatic rings. The largest absolute Gasteiger partial charge is 0.490 e. The molecule has 2 fully saturated rings. The molecule has 1 heterocycles. The van der Waals surface area contributed by atoms with E-state index in [9.17, 15) is 18.4 Å². The first-order valence-corrected chi connectivity index (χ1v) is 11.7. The maximum Gasteiger partial charge on any atom is 0.410 e. The number of carboxylic acid groups (broad SMARTS) is 1. The van der Waals surface area contributed by atoms with Crippen LogP contribution in [0.5, 0.6) is 5.75 Å². The summed E-state index contributed by atoms with van der Waals surface area (Å²) in [6, 6.07) is 11.4. The second-order valence-corrected chi connectivity index (χ2v) is 9.11. The Morgan fingerprint density at radius 2 is 1.79 bits per heavy atom. The number of benzene rings is 2. The Balaban J connectivity index is 1.15. The van der Waals surface area contributed by atoms with Gasteiger partial charge >= 0.3 is 12.1 Å². The van der Waals surface area contributed by atoms with Crippen molar-refractivity contribution in [2.24, 2.45) is 17.8 Å². The Labute approximate surface area is 197 Å². The second kappa shape index (κ2) is 10.8. The molecule has 8 heteroatoms. The molecule has 34 heavy (non-hydrogen) atoms. The van der Waals surface area contributed by atoms with Gasteiger partial charge in [0.25, 0.3) is 0 Å². The van der Waals surface area contributed by atoms with Gasteiger partial charge in [-0.15, -0.1) is 0 Å². The molecule has 2 aromatic carbocycles. The van der Waals surface area contributed by atoms with Gasteiger partial charge in [0, 0.05) is 24.7 Å². The molecule has 182 valence electrons. The summed E-state index contributed by atoms with van der Waals surface area (Å²) in [7, 11) is 0. The Bertz CT molecular complexity index is 1010. The molecule has 2 atom stereocenters. The van der Waals surface area contributed by atoms with Crippen LogP contribution < -0.4 is 4.74 Å². The fourth-order valence-electron chi connectivity index (χ4n) is 4.80. The van der Waals surface area contributed by atoms with Crippen LogP contribution >= 0.6 is 0 Å². The molecule has 4 rings (SSSR count). The van der Waals surface area contributed by atoms with Gasteiger partial charge in [0.1, 0.15) is 12.4 Å². The summed E-state index contributed by atoms with van der Waals surface area (Å²) in [5.41, 5.74) is 0.766. The van der Waals surface area contributed by atoms with E-state index >= 15 is 0 Å². The summed E-state index contributed by atoms with van der Waals surface area (Å²) < 4.78 is 39.0. The Morgan fingerprint density at radius 1 is 1.06 bits per heavy atom. The van der Waals surface area contributed by atoms with Gasteiger partial charge in [-0.25, -0.2) is 13.6 Å². The van der Waals surface area contributed by atoms with Gasteiger partial charge in [-0.3, -0.25) is 4.79 Å². The number of hydrogen-bond acceptors (Lipinski definition) is 4. The maximum atomic E-state index is 14.1. The zero-order valence-corrected chi connectivity index (χ0v) is 18.9. The van der Waals surface area contributed by atoms with Crippen LogP contribution in [0.4, 0.5) is 13.6 Å². The summed E-state index contributed by atoms with van der Waals surface area (Å²) in [6.45, 7) is 1.92. The van der Waals surface area contributed by atoms with Crippen LogP contribution in [0.3, 0.4) is 0 Å². The molecule has 0 bridgehead atoms. The van der Waals surface area contributed by atoms with E-state index in [1.54, 1.807) is 4.90 Å². The normalized spacial score (nSPS) is 20.1.